The lowest BCUT2D eigenvalue weighted by Gasteiger charge is -2.44. The normalized spacial score (nSPS) is 18.9. The summed E-state index contributed by atoms with van der Waals surface area (Å²) in [5.41, 5.74) is 8.74. The molecule has 6 aromatic carbocycles. The smallest absolute Gasteiger partial charge is 0.260 e. The van der Waals surface area contributed by atoms with Gasteiger partial charge in [-0.3, -0.25) is 0 Å². The van der Waals surface area contributed by atoms with Crippen LogP contribution in [0, 0.1) is 0 Å². The molecule has 2 unspecified atom stereocenters. The molecule has 6 heteroatoms. The molecule has 0 saturated heterocycles. The second-order valence-corrected chi connectivity index (χ2v) is 12.7. The first-order chi connectivity index (χ1) is 21.8. The SMILES string of the molecule is c1ccc2c(c1)Oc1cccc3c1B2c1cc2ccc4c(c2cc1O3)CC1B2c3ccccc3Oc3cccc(c32)OC1C4. The number of para-hydroxylation sites is 2. The first kappa shape index (κ1) is 23.4. The molecular weight excluding hydrogens is 542 g/mol. The van der Waals surface area contributed by atoms with E-state index in [1.165, 1.54) is 43.8 Å². The summed E-state index contributed by atoms with van der Waals surface area (Å²) in [7, 11) is 0. The molecule has 0 saturated carbocycles. The van der Waals surface area contributed by atoms with Crippen LogP contribution < -0.4 is 46.3 Å². The van der Waals surface area contributed by atoms with E-state index in [1.54, 1.807) is 0 Å². The lowest BCUT2D eigenvalue weighted by atomic mass is 9.29. The Kier molecular flexibility index (Phi) is 4.41. The molecule has 4 aliphatic heterocycles. The van der Waals surface area contributed by atoms with E-state index in [-0.39, 0.29) is 19.5 Å². The zero-order valence-electron chi connectivity index (χ0n) is 23.7. The highest BCUT2D eigenvalue weighted by Crippen LogP contribution is 2.45. The molecule has 4 heterocycles. The maximum Gasteiger partial charge on any atom is 0.260 e. The second kappa shape index (κ2) is 8.29. The van der Waals surface area contributed by atoms with Crippen molar-refractivity contribution < 1.29 is 18.9 Å². The number of rotatable bonds is 0. The lowest BCUT2D eigenvalue weighted by Crippen LogP contribution is -2.59. The van der Waals surface area contributed by atoms with Crippen molar-refractivity contribution in [3.8, 4) is 40.2 Å². The van der Waals surface area contributed by atoms with E-state index in [1.807, 2.05) is 24.3 Å². The van der Waals surface area contributed by atoms with E-state index in [4.69, 9.17) is 18.9 Å². The van der Waals surface area contributed by atoms with Crippen molar-refractivity contribution in [3.63, 3.8) is 0 Å². The van der Waals surface area contributed by atoms with E-state index in [0.717, 1.165) is 58.6 Å². The van der Waals surface area contributed by atoms with Crippen LogP contribution in [0.5, 0.6) is 40.2 Å². The molecule has 0 spiro atoms. The lowest BCUT2D eigenvalue weighted by molar-refractivity contribution is 0.179. The van der Waals surface area contributed by atoms with Gasteiger partial charge in [0.2, 0.25) is 6.71 Å². The van der Waals surface area contributed by atoms with Crippen molar-refractivity contribution in [2.45, 2.75) is 24.8 Å². The van der Waals surface area contributed by atoms with Crippen LogP contribution in [-0.4, -0.2) is 19.5 Å². The summed E-state index contributed by atoms with van der Waals surface area (Å²) in [5.74, 6) is 6.75. The molecule has 0 bridgehead atoms. The van der Waals surface area contributed by atoms with Crippen LogP contribution in [0.3, 0.4) is 0 Å². The molecular formula is C38H24B2O4. The van der Waals surface area contributed by atoms with E-state index in [0.29, 0.717) is 5.82 Å². The minimum absolute atomic E-state index is 0.0696. The molecule has 0 amide bonds. The Hall–Kier alpha value is -5.09. The predicted octanol–water partition coefficient (Wildman–Crippen LogP) is 5.21. The van der Waals surface area contributed by atoms with Gasteiger partial charge in [0.25, 0.3) is 6.71 Å². The van der Waals surface area contributed by atoms with Gasteiger partial charge in [0.1, 0.15) is 46.4 Å². The Morgan fingerprint density at radius 1 is 0.523 bits per heavy atom. The van der Waals surface area contributed by atoms with Crippen molar-refractivity contribution >= 4 is 51.5 Å². The van der Waals surface area contributed by atoms with Crippen LogP contribution in [0.2, 0.25) is 5.82 Å². The van der Waals surface area contributed by atoms with Gasteiger partial charge in [-0.1, -0.05) is 66.7 Å². The van der Waals surface area contributed by atoms with E-state index in [9.17, 15) is 0 Å². The third kappa shape index (κ3) is 3.00. The van der Waals surface area contributed by atoms with Crippen molar-refractivity contribution in [1.82, 2.24) is 0 Å². The summed E-state index contributed by atoms with van der Waals surface area (Å²) >= 11 is 0. The van der Waals surface area contributed by atoms with Gasteiger partial charge in [0.15, 0.2) is 0 Å². The second-order valence-electron chi connectivity index (χ2n) is 12.7. The van der Waals surface area contributed by atoms with Crippen LogP contribution in [0.4, 0.5) is 0 Å². The third-order valence-electron chi connectivity index (χ3n) is 10.5. The van der Waals surface area contributed by atoms with Gasteiger partial charge < -0.3 is 18.9 Å². The molecule has 6 aromatic rings. The molecule has 5 aliphatic rings. The molecule has 11 rings (SSSR count). The topological polar surface area (TPSA) is 36.9 Å². The monoisotopic (exact) mass is 566 g/mol. The molecule has 0 N–H and O–H groups in total. The van der Waals surface area contributed by atoms with Gasteiger partial charge in [-0.05, 0) is 93.0 Å². The highest BCUT2D eigenvalue weighted by atomic mass is 16.5. The van der Waals surface area contributed by atoms with Gasteiger partial charge >= 0.3 is 0 Å². The van der Waals surface area contributed by atoms with Crippen LogP contribution in [0.15, 0.2) is 109 Å². The number of hydrogen-bond donors (Lipinski definition) is 0. The highest BCUT2D eigenvalue weighted by molar-refractivity contribution is 6.98. The number of ether oxygens (including phenoxy) is 4. The maximum absolute atomic E-state index is 6.76. The van der Waals surface area contributed by atoms with E-state index in [2.05, 4.69) is 84.9 Å². The molecule has 4 nitrogen and oxygen atoms in total. The van der Waals surface area contributed by atoms with Crippen LogP contribution in [0.25, 0.3) is 10.8 Å². The van der Waals surface area contributed by atoms with Crippen LogP contribution in [0.1, 0.15) is 11.1 Å². The Labute approximate surface area is 255 Å². The molecule has 2 atom stereocenters. The minimum Gasteiger partial charge on any atom is -0.491 e. The third-order valence-corrected chi connectivity index (χ3v) is 10.5. The Bertz CT molecular complexity index is 2240. The number of fused-ring (bicyclic) bond motifs is 11. The Morgan fingerprint density at radius 2 is 1.18 bits per heavy atom. The number of hydrogen-bond acceptors (Lipinski definition) is 4. The van der Waals surface area contributed by atoms with E-state index >= 15 is 0 Å². The summed E-state index contributed by atoms with van der Waals surface area (Å²) in [4.78, 5) is 0. The van der Waals surface area contributed by atoms with Crippen molar-refractivity contribution in [2.75, 3.05) is 0 Å². The quantitative estimate of drug-likeness (QED) is 0.236. The average molecular weight is 566 g/mol. The number of benzene rings is 6. The van der Waals surface area contributed by atoms with Crippen molar-refractivity contribution in [3.05, 3.63) is 120 Å². The largest absolute Gasteiger partial charge is 0.491 e. The van der Waals surface area contributed by atoms with Crippen molar-refractivity contribution in [2.24, 2.45) is 0 Å². The maximum atomic E-state index is 6.76. The predicted molar refractivity (Wildman–Crippen MR) is 175 cm³/mol. The Morgan fingerprint density at radius 3 is 2.00 bits per heavy atom. The van der Waals surface area contributed by atoms with E-state index < -0.39 is 0 Å². The van der Waals surface area contributed by atoms with Gasteiger partial charge in [-0.25, -0.2) is 0 Å². The molecule has 0 aromatic heterocycles. The summed E-state index contributed by atoms with van der Waals surface area (Å²) in [5, 5.41) is 2.53. The fourth-order valence-corrected chi connectivity index (χ4v) is 8.67. The van der Waals surface area contributed by atoms with Gasteiger partial charge in [-0.15, -0.1) is 0 Å². The standard InChI is InChI=1S/C38H24B2O4/c1-3-9-29-25(7-1)39-27-17-21-15-16-22-18-35-28(19-23(22)24(21)20-36(27)44-34-14-6-11-31(41-29)37(34)39)40-26-8-2-4-10-30(26)42-32-12-5-13-33(43-35)38(32)40/h1-17,20,28,35H,18-19H2. The first-order valence-corrected chi connectivity index (χ1v) is 15.5. The summed E-state index contributed by atoms with van der Waals surface area (Å²) in [6, 6.07) is 38.6. The van der Waals surface area contributed by atoms with Crippen molar-refractivity contribution in [1.29, 1.82) is 0 Å². The highest BCUT2D eigenvalue weighted by Gasteiger charge is 2.49. The molecule has 44 heavy (non-hydrogen) atoms. The molecule has 0 fully saturated rings. The molecule has 1 aliphatic carbocycles. The molecule has 0 radical (unpaired) electrons. The zero-order valence-corrected chi connectivity index (χ0v) is 23.7. The fourth-order valence-electron chi connectivity index (χ4n) is 8.67. The molecule has 206 valence electrons. The average Bonchev–Trinajstić information content (AvgIpc) is 3.06. The summed E-state index contributed by atoms with van der Waals surface area (Å²) in [6.45, 7) is 0.298. The Balaban J connectivity index is 1.08. The van der Waals surface area contributed by atoms with Gasteiger partial charge in [-0.2, -0.15) is 0 Å². The van der Waals surface area contributed by atoms with Crippen LogP contribution in [-0.2, 0) is 12.8 Å². The summed E-state index contributed by atoms with van der Waals surface area (Å²) in [6.07, 6.45) is 1.93. The fraction of sp³-hybridized carbons (Fsp3) is 0.105. The first-order valence-electron chi connectivity index (χ1n) is 15.5. The minimum atomic E-state index is 0.0696. The zero-order chi connectivity index (χ0) is 28.5. The summed E-state index contributed by atoms with van der Waals surface area (Å²) < 4.78 is 26.2. The van der Waals surface area contributed by atoms with Crippen LogP contribution >= 0.6 is 0 Å². The van der Waals surface area contributed by atoms with Gasteiger partial charge in [0, 0.05) is 17.3 Å². The van der Waals surface area contributed by atoms with Gasteiger partial charge in [0.05, 0.1) is 0 Å².